The number of nitrogens with zero attached hydrogens (tertiary/aromatic N) is 3. The van der Waals surface area contributed by atoms with E-state index in [0.717, 1.165) is 12.0 Å². The average molecular weight is 293 g/mol. The largest absolute Gasteiger partial charge is 0.360 e. The van der Waals surface area contributed by atoms with E-state index in [1.54, 1.807) is 0 Å². The fraction of sp³-hybridized carbons (Fsp3) is 0.231. The van der Waals surface area contributed by atoms with Crippen molar-refractivity contribution in [3.8, 4) is 0 Å². The molecule has 0 atom stereocenters. The Morgan fingerprint density at radius 2 is 1.90 bits per heavy atom. The van der Waals surface area contributed by atoms with Crippen molar-refractivity contribution in [3.63, 3.8) is 0 Å². The van der Waals surface area contributed by atoms with Gasteiger partial charge in [0.15, 0.2) is 0 Å². The highest BCUT2D eigenvalue weighted by Crippen LogP contribution is 2.28. The van der Waals surface area contributed by atoms with Crippen LogP contribution in [0, 0.1) is 10.1 Å². The maximum atomic E-state index is 10.9. The van der Waals surface area contributed by atoms with Gasteiger partial charge in [-0.2, -0.15) is 0 Å². The highest BCUT2D eigenvalue weighted by atomic mass is 35.5. The Bertz CT molecular complexity index is 616. The molecule has 1 heterocycles. The highest BCUT2D eigenvalue weighted by Gasteiger charge is 2.21. The van der Waals surface area contributed by atoms with Crippen LogP contribution in [0.15, 0.2) is 30.6 Å². The summed E-state index contributed by atoms with van der Waals surface area (Å²) in [5.74, 6) is 0.120. The fourth-order valence-corrected chi connectivity index (χ4v) is 1.93. The molecule has 6 nitrogen and oxygen atoms in total. The van der Waals surface area contributed by atoms with Gasteiger partial charge >= 0.3 is 5.69 Å². The van der Waals surface area contributed by atoms with Crippen molar-refractivity contribution in [1.82, 2.24) is 9.97 Å². The summed E-state index contributed by atoms with van der Waals surface area (Å²) in [6, 6.07) is 8.00. The van der Waals surface area contributed by atoms with Crippen LogP contribution in [0.25, 0.3) is 0 Å². The Kier molecular flexibility index (Phi) is 4.47. The SMILES string of the molecule is CCc1ccc(CNc2ncnc(Cl)c2[N+](=O)[O-])cc1. The van der Waals surface area contributed by atoms with Crippen LogP contribution >= 0.6 is 11.6 Å². The predicted octanol–water partition coefficient (Wildman–Crippen LogP) is 3.21. The summed E-state index contributed by atoms with van der Waals surface area (Å²) >= 11 is 5.71. The summed E-state index contributed by atoms with van der Waals surface area (Å²) in [6.45, 7) is 2.51. The van der Waals surface area contributed by atoms with Crippen LogP contribution in [0.2, 0.25) is 5.15 Å². The number of benzene rings is 1. The van der Waals surface area contributed by atoms with E-state index in [4.69, 9.17) is 11.6 Å². The van der Waals surface area contributed by atoms with Crippen molar-refractivity contribution >= 4 is 23.1 Å². The number of hydrogen-bond acceptors (Lipinski definition) is 5. The maximum Gasteiger partial charge on any atom is 0.348 e. The van der Waals surface area contributed by atoms with Crippen LogP contribution < -0.4 is 5.32 Å². The Morgan fingerprint density at radius 3 is 2.50 bits per heavy atom. The zero-order chi connectivity index (χ0) is 14.5. The van der Waals surface area contributed by atoms with Crippen LogP contribution in [0.4, 0.5) is 11.5 Å². The van der Waals surface area contributed by atoms with Crippen molar-refractivity contribution in [1.29, 1.82) is 0 Å². The highest BCUT2D eigenvalue weighted by molar-refractivity contribution is 6.31. The average Bonchev–Trinajstić information content (AvgIpc) is 2.45. The first-order chi connectivity index (χ1) is 9.61. The van der Waals surface area contributed by atoms with Gasteiger partial charge in [-0.05, 0) is 17.5 Å². The van der Waals surface area contributed by atoms with Crippen molar-refractivity contribution < 1.29 is 4.92 Å². The number of aromatic nitrogens is 2. The zero-order valence-corrected chi connectivity index (χ0v) is 11.6. The van der Waals surface area contributed by atoms with Crippen LogP contribution in [-0.2, 0) is 13.0 Å². The molecule has 1 aromatic carbocycles. The van der Waals surface area contributed by atoms with Crippen LogP contribution in [-0.4, -0.2) is 14.9 Å². The number of anilines is 1. The topological polar surface area (TPSA) is 81.0 Å². The third kappa shape index (κ3) is 3.21. The number of aryl methyl sites for hydroxylation is 1. The van der Waals surface area contributed by atoms with Crippen molar-refractivity contribution in [2.24, 2.45) is 0 Å². The Labute approximate surface area is 121 Å². The van der Waals surface area contributed by atoms with E-state index in [1.165, 1.54) is 11.9 Å². The molecule has 1 N–H and O–H groups in total. The lowest BCUT2D eigenvalue weighted by molar-refractivity contribution is -0.384. The Hall–Kier alpha value is -2.21. The second kappa shape index (κ2) is 6.29. The van der Waals surface area contributed by atoms with Gasteiger partial charge in [-0.1, -0.05) is 42.8 Å². The van der Waals surface area contributed by atoms with E-state index in [9.17, 15) is 10.1 Å². The molecule has 104 valence electrons. The van der Waals surface area contributed by atoms with Gasteiger partial charge in [0.05, 0.1) is 4.92 Å². The molecule has 2 aromatic rings. The molecule has 7 heteroatoms. The number of hydrogen-bond donors (Lipinski definition) is 1. The lowest BCUT2D eigenvalue weighted by atomic mass is 10.1. The minimum atomic E-state index is -0.592. The van der Waals surface area contributed by atoms with Crippen LogP contribution in [0.1, 0.15) is 18.1 Å². The number of rotatable bonds is 5. The lowest BCUT2D eigenvalue weighted by Crippen LogP contribution is -2.06. The molecule has 20 heavy (non-hydrogen) atoms. The zero-order valence-electron chi connectivity index (χ0n) is 10.8. The van der Waals surface area contributed by atoms with Crippen molar-refractivity contribution in [3.05, 3.63) is 57.0 Å². The summed E-state index contributed by atoms with van der Waals surface area (Å²) in [5.41, 5.74) is 1.94. The molecule has 0 saturated heterocycles. The quantitative estimate of drug-likeness (QED) is 0.520. The van der Waals surface area contributed by atoms with Crippen LogP contribution in [0.5, 0.6) is 0 Å². The van der Waals surface area contributed by atoms with E-state index in [0.29, 0.717) is 6.54 Å². The molecule has 0 spiro atoms. The monoisotopic (exact) mass is 292 g/mol. The molecular weight excluding hydrogens is 280 g/mol. The van der Waals surface area contributed by atoms with Gasteiger partial charge < -0.3 is 5.32 Å². The van der Waals surface area contributed by atoms with Gasteiger partial charge in [0.2, 0.25) is 11.0 Å². The molecule has 0 fully saturated rings. The predicted molar refractivity (Wildman–Crippen MR) is 76.8 cm³/mol. The second-order valence-electron chi connectivity index (χ2n) is 4.14. The lowest BCUT2D eigenvalue weighted by Gasteiger charge is -2.07. The molecular formula is C13H13ClN4O2. The van der Waals surface area contributed by atoms with E-state index in [2.05, 4.69) is 22.2 Å². The molecule has 0 radical (unpaired) electrons. The summed E-state index contributed by atoms with van der Waals surface area (Å²) in [5, 5.41) is 13.7. The van der Waals surface area contributed by atoms with Crippen molar-refractivity contribution in [2.45, 2.75) is 19.9 Å². The summed E-state index contributed by atoms with van der Waals surface area (Å²) in [6.07, 6.45) is 2.17. The molecule has 0 amide bonds. The third-order valence-electron chi connectivity index (χ3n) is 2.85. The first-order valence-corrected chi connectivity index (χ1v) is 6.46. The van der Waals surface area contributed by atoms with E-state index >= 15 is 0 Å². The molecule has 0 unspecified atom stereocenters. The Balaban J connectivity index is 2.14. The van der Waals surface area contributed by atoms with E-state index in [1.807, 2.05) is 24.3 Å². The second-order valence-corrected chi connectivity index (χ2v) is 4.50. The van der Waals surface area contributed by atoms with E-state index in [-0.39, 0.29) is 16.7 Å². The van der Waals surface area contributed by atoms with Gasteiger partial charge in [-0.25, -0.2) is 9.97 Å². The standard InChI is InChI=1S/C13H13ClN4O2/c1-2-9-3-5-10(6-4-9)7-15-13-11(18(19)20)12(14)16-8-17-13/h3-6,8H,2,7H2,1H3,(H,15,16,17). The number of halogens is 1. The van der Waals surface area contributed by atoms with Crippen molar-refractivity contribution in [2.75, 3.05) is 5.32 Å². The van der Waals surface area contributed by atoms with Gasteiger partial charge in [-0.3, -0.25) is 10.1 Å². The molecule has 0 aliphatic carbocycles. The van der Waals surface area contributed by atoms with Gasteiger partial charge in [0.1, 0.15) is 6.33 Å². The van der Waals surface area contributed by atoms with E-state index < -0.39 is 4.92 Å². The van der Waals surface area contributed by atoms with Gasteiger partial charge in [-0.15, -0.1) is 0 Å². The number of nitro groups is 1. The fourth-order valence-electron chi connectivity index (χ4n) is 1.73. The molecule has 0 bridgehead atoms. The minimum Gasteiger partial charge on any atom is -0.360 e. The summed E-state index contributed by atoms with van der Waals surface area (Å²) < 4.78 is 0. The Morgan fingerprint density at radius 1 is 1.25 bits per heavy atom. The molecule has 2 rings (SSSR count). The van der Waals surface area contributed by atoms with Gasteiger partial charge in [0, 0.05) is 6.54 Å². The molecule has 0 aliphatic heterocycles. The van der Waals surface area contributed by atoms with Crippen LogP contribution in [0.3, 0.4) is 0 Å². The minimum absolute atomic E-state index is 0.120. The van der Waals surface area contributed by atoms with Gasteiger partial charge in [0.25, 0.3) is 0 Å². The first kappa shape index (κ1) is 14.2. The smallest absolute Gasteiger partial charge is 0.348 e. The number of nitrogens with one attached hydrogen (secondary N) is 1. The third-order valence-corrected chi connectivity index (χ3v) is 3.13. The molecule has 1 aromatic heterocycles. The first-order valence-electron chi connectivity index (χ1n) is 6.08. The molecule has 0 aliphatic rings. The summed E-state index contributed by atoms with van der Waals surface area (Å²) in [4.78, 5) is 17.8. The summed E-state index contributed by atoms with van der Waals surface area (Å²) in [7, 11) is 0. The normalized spacial score (nSPS) is 10.3. The maximum absolute atomic E-state index is 10.9. The molecule has 0 saturated carbocycles.